The lowest BCUT2D eigenvalue weighted by molar-refractivity contribution is 0.0988. The smallest absolute Gasteiger partial charge is 0.270 e. The summed E-state index contributed by atoms with van der Waals surface area (Å²) < 4.78 is 6.48. The monoisotopic (exact) mass is 395 g/mol. The summed E-state index contributed by atoms with van der Waals surface area (Å²) in [5.41, 5.74) is 2.70. The fourth-order valence-corrected chi connectivity index (χ4v) is 4.51. The van der Waals surface area contributed by atoms with Crippen molar-refractivity contribution in [2.75, 3.05) is 12.0 Å². The molecule has 0 fully saturated rings. The number of thiophene rings is 1. The number of thiazole rings is 1. The van der Waals surface area contributed by atoms with Crippen LogP contribution in [0.5, 0.6) is 5.75 Å². The average Bonchev–Trinajstić information content (AvgIpc) is 3.37. The fraction of sp³-hybridized carbons (Fsp3) is 0.150. The topological polar surface area (TPSA) is 55.3 Å². The maximum absolute atomic E-state index is 13.2. The number of pyridine rings is 1. The molecule has 0 aliphatic rings. The van der Waals surface area contributed by atoms with Crippen molar-refractivity contribution in [3.05, 3.63) is 70.2 Å². The van der Waals surface area contributed by atoms with Gasteiger partial charge in [-0.3, -0.25) is 14.7 Å². The highest BCUT2D eigenvalue weighted by Crippen LogP contribution is 2.37. The van der Waals surface area contributed by atoms with Crippen LogP contribution in [0.4, 0.5) is 5.13 Å². The maximum Gasteiger partial charge on any atom is 0.270 e. The molecule has 0 aliphatic heterocycles. The van der Waals surface area contributed by atoms with E-state index in [4.69, 9.17) is 9.72 Å². The van der Waals surface area contributed by atoms with E-state index in [2.05, 4.69) is 4.98 Å². The molecule has 0 unspecified atom stereocenters. The van der Waals surface area contributed by atoms with E-state index in [1.165, 1.54) is 22.7 Å². The molecule has 0 saturated heterocycles. The Morgan fingerprint density at radius 2 is 2.07 bits per heavy atom. The number of nitrogens with zero attached hydrogens (tertiary/aromatic N) is 3. The van der Waals surface area contributed by atoms with Crippen LogP contribution in [0.1, 0.15) is 20.9 Å². The van der Waals surface area contributed by atoms with Crippen LogP contribution >= 0.6 is 22.7 Å². The third-order valence-corrected chi connectivity index (χ3v) is 6.24. The van der Waals surface area contributed by atoms with Crippen LogP contribution in [-0.4, -0.2) is 23.0 Å². The van der Waals surface area contributed by atoms with Crippen LogP contribution in [0, 0.1) is 6.92 Å². The van der Waals surface area contributed by atoms with Gasteiger partial charge in [0.2, 0.25) is 0 Å². The molecule has 0 aliphatic carbocycles. The number of fused-ring (bicyclic) bond motifs is 1. The van der Waals surface area contributed by atoms with Gasteiger partial charge in [0.1, 0.15) is 11.3 Å². The molecule has 0 atom stereocenters. The first-order chi connectivity index (χ1) is 13.2. The summed E-state index contributed by atoms with van der Waals surface area (Å²) in [5, 5.41) is 2.54. The summed E-state index contributed by atoms with van der Waals surface area (Å²) in [6, 6.07) is 13.3. The Balaban J connectivity index is 1.81. The van der Waals surface area contributed by atoms with Gasteiger partial charge in [0.25, 0.3) is 5.91 Å². The molecule has 0 saturated carbocycles. The molecule has 4 rings (SSSR count). The Morgan fingerprint density at radius 3 is 2.78 bits per heavy atom. The van der Waals surface area contributed by atoms with Crippen LogP contribution in [0.25, 0.3) is 10.2 Å². The van der Waals surface area contributed by atoms with Crippen molar-refractivity contribution in [2.45, 2.75) is 13.5 Å². The number of aryl methyl sites for hydroxylation is 1. The number of ether oxygens (including phenoxy) is 1. The molecule has 3 heterocycles. The number of benzene rings is 1. The van der Waals surface area contributed by atoms with Gasteiger partial charge in [0, 0.05) is 6.20 Å². The number of carbonyl (C=O) groups is 1. The highest BCUT2D eigenvalue weighted by molar-refractivity contribution is 7.22. The van der Waals surface area contributed by atoms with Gasteiger partial charge in [0.05, 0.1) is 28.9 Å². The third kappa shape index (κ3) is 3.43. The van der Waals surface area contributed by atoms with E-state index >= 15 is 0 Å². The van der Waals surface area contributed by atoms with Gasteiger partial charge >= 0.3 is 0 Å². The molecule has 3 aromatic heterocycles. The van der Waals surface area contributed by atoms with E-state index in [0.717, 1.165) is 21.5 Å². The number of methoxy groups -OCH3 is 1. The van der Waals surface area contributed by atoms with Gasteiger partial charge in [-0.2, -0.15) is 0 Å². The second-order valence-electron chi connectivity index (χ2n) is 5.95. The lowest BCUT2D eigenvalue weighted by Gasteiger charge is -2.18. The molecule has 0 bridgehead atoms. The van der Waals surface area contributed by atoms with Crippen molar-refractivity contribution in [3.63, 3.8) is 0 Å². The maximum atomic E-state index is 13.2. The zero-order valence-electron chi connectivity index (χ0n) is 14.9. The highest BCUT2D eigenvalue weighted by atomic mass is 32.1. The number of hydrogen-bond acceptors (Lipinski definition) is 6. The van der Waals surface area contributed by atoms with Gasteiger partial charge in [-0.05, 0) is 42.1 Å². The predicted molar refractivity (Wildman–Crippen MR) is 110 cm³/mol. The predicted octanol–water partition coefficient (Wildman–Crippen LogP) is 4.92. The Bertz CT molecular complexity index is 1080. The number of amides is 1. The van der Waals surface area contributed by atoms with Gasteiger partial charge < -0.3 is 4.74 Å². The highest BCUT2D eigenvalue weighted by Gasteiger charge is 2.24. The van der Waals surface area contributed by atoms with E-state index in [0.29, 0.717) is 22.3 Å². The molecule has 0 radical (unpaired) electrons. The molecule has 7 heteroatoms. The van der Waals surface area contributed by atoms with E-state index < -0.39 is 0 Å². The molecule has 1 aromatic carbocycles. The lowest BCUT2D eigenvalue weighted by atomic mass is 10.2. The quantitative estimate of drug-likeness (QED) is 0.481. The third-order valence-electron chi connectivity index (χ3n) is 4.17. The minimum Gasteiger partial charge on any atom is -0.494 e. The Hall–Kier alpha value is -2.77. The summed E-state index contributed by atoms with van der Waals surface area (Å²) in [6.45, 7) is 2.40. The number of hydrogen-bond donors (Lipinski definition) is 0. The van der Waals surface area contributed by atoms with E-state index in [-0.39, 0.29) is 5.91 Å². The summed E-state index contributed by atoms with van der Waals surface area (Å²) in [7, 11) is 1.63. The molecule has 0 N–H and O–H groups in total. The van der Waals surface area contributed by atoms with Crippen molar-refractivity contribution in [2.24, 2.45) is 0 Å². The van der Waals surface area contributed by atoms with Crippen LogP contribution < -0.4 is 9.64 Å². The van der Waals surface area contributed by atoms with Crippen molar-refractivity contribution in [1.29, 1.82) is 0 Å². The molecule has 5 nitrogen and oxygen atoms in total. The molecule has 136 valence electrons. The molecule has 27 heavy (non-hydrogen) atoms. The number of anilines is 1. The largest absolute Gasteiger partial charge is 0.494 e. The second-order valence-corrected chi connectivity index (χ2v) is 7.87. The zero-order valence-corrected chi connectivity index (χ0v) is 16.5. The first-order valence-corrected chi connectivity index (χ1v) is 10.1. The van der Waals surface area contributed by atoms with E-state index in [1.807, 2.05) is 54.8 Å². The summed E-state index contributed by atoms with van der Waals surface area (Å²) in [4.78, 5) is 24.7. The molecular weight excluding hydrogens is 378 g/mol. The van der Waals surface area contributed by atoms with Crippen molar-refractivity contribution < 1.29 is 9.53 Å². The van der Waals surface area contributed by atoms with Crippen molar-refractivity contribution >= 4 is 43.9 Å². The van der Waals surface area contributed by atoms with E-state index in [1.54, 1.807) is 18.2 Å². The van der Waals surface area contributed by atoms with Crippen LogP contribution in [0.15, 0.2) is 54.0 Å². The number of carbonyl (C=O) groups excluding carboxylic acids is 1. The van der Waals surface area contributed by atoms with Crippen LogP contribution in [0.2, 0.25) is 0 Å². The van der Waals surface area contributed by atoms with Crippen LogP contribution in [0.3, 0.4) is 0 Å². The molecular formula is C20H17N3O2S2. The van der Waals surface area contributed by atoms with Gasteiger partial charge in [-0.1, -0.05) is 29.5 Å². The Morgan fingerprint density at radius 1 is 1.19 bits per heavy atom. The van der Waals surface area contributed by atoms with Gasteiger partial charge in [0.15, 0.2) is 5.13 Å². The minimum atomic E-state index is -0.0775. The fourth-order valence-electron chi connectivity index (χ4n) is 2.79. The van der Waals surface area contributed by atoms with Crippen LogP contribution in [-0.2, 0) is 6.54 Å². The number of aromatic nitrogens is 2. The minimum absolute atomic E-state index is 0.0775. The number of rotatable bonds is 5. The van der Waals surface area contributed by atoms with Crippen molar-refractivity contribution in [3.8, 4) is 5.75 Å². The normalized spacial score (nSPS) is 10.9. The first kappa shape index (κ1) is 17.6. The molecule has 0 spiro atoms. The first-order valence-electron chi connectivity index (χ1n) is 8.37. The zero-order chi connectivity index (χ0) is 18.8. The summed E-state index contributed by atoms with van der Waals surface area (Å²) in [5.74, 6) is 0.630. The summed E-state index contributed by atoms with van der Waals surface area (Å²) >= 11 is 2.92. The molecule has 1 amide bonds. The SMILES string of the molecule is COc1ccc(C)c2sc(N(Cc3ccccn3)C(=O)c3cccs3)nc12. The standard InChI is InChI=1S/C20H17N3O2S2/c1-13-8-9-15(25-2)17-18(13)27-20(22-17)23(12-14-6-3-4-10-21-14)19(24)16-7-5-11-26-16/h3-11H,12H2,1-2H3. The summed E-state index contributed by atoms with van der Waals surface area (Å²) in [6.07, 6.45) is 1.73. The van der Waals surface area contributed by atoms with E-state index in [9.17, 15) is 4.79 Å². The molecule has 4 aromatic rings. The lowest BCUT2D eigenvalue weighted by Crippen LogP contribution is -2.30. The van der Waals surface area contributed by atoms with Gasteiger partial charge in [-0.25, -0.2) is 4.98 Å². The van der Waals surface area contributed by atoms with Gasteiger partial charge in [-0.15, -0.1) is 11.3 Å². The Kier molecular flexibility index (Phi) is 4.87. The average molecular weight is 396 g/mol. The van der Waals surface area contributed by atoms with Crippen molar-refractivity contribution in [1.82, 2.24) is 9.97 Å². The Labute approximate surface area is 164 Å². The second kappa shape index (κ2) is 7.46.